The average Bonchev–Trinajstić information content (AvgIpc) is 2.53. The van der Waals surface area contributed by atoms with E-state index in [1.807, 2.05) is 30.3 Å². The van der Waals surface area contributed by atoms with Crippen LogP contribution in [-0.2, 0) is 9.53 Å². The highest BCUT2D eigenvalue weighted by Crippen LogP contribution is 2.31. The van der Waals surface area contributed by atoms with E-state index in [0.29, 0.717) is 22.0 Å². The molecule has 0 spiro atoms. The van der Waals surface area contributed by atoms with Crippen molar-refractivity contribution in [1.82, 2.24) is 0 Å². The Hall–Kier alpha value is -2.20. The number of hydrogen-bond acceptors (Lipinski definition) is 4. The van der Waals surface area contributed by atoms with Gasteiger partial charge in [-0.05, 0) is 18.2 Å². The van der Waals surface area contributed by atoms with E-state index >= 15 is 0 Å². The molecule has 2 rings (SSSR count). The third-order valence-electron chi connectivity index (χ3n) is 3.06. The van der Waals surface area contributed by atoms with E-state index < -0.39 is 12.0 Å². The van der Waals surface area contributed by atoms with E-state index in [-0.39, 0.29) is 0 Å². The topological polar surface area (TPSA) is 47.6 Å². The fraction of sp³-hybridized carbons (Fsp3) is 0.188. The number of ether oxygens (including phenoxy) is 2. The molecule has 0 amide bonds. The van der Waals surface area contributed by atoms with Gasteiger partial charge in [0, 0.05) is 5.56 Å². The van der Waals surface area contributed by atoms with Crippen molar-refractivity contribution in [1.29, 1.82) is 0 Å². The Morgan fingerprint density at radius 2 is 1.76 bits per heavy atom. The van der Waals surface area contributed by atoms with Crippen molar-refractivity contribution in [3.05, 3.63) is 59.1 Å². The molecule has 4 nitrogen and oxygen atoms in total. The number of hydrogen-bond donors (Lipinski definition) is 1. The smallest absolute Gasteiger partial charge is 0.333 e. The highest BCUT2D eigenvalue weighted by molar-refractivity contribution is 6.33. The number of methoxy groups -OCH3 is 2. The molecule has 0 saturated heterocycles. The van der Waals surface area contributed by atoms with Crippen LogP contribution < -0.4 is 10.1 Å². The van der Waals surface area contributed by atoms with Gasteiger partial charge in [0.15, 0.2) is 6.04 Å². The van der Waals surface area contributed by atoms with Crippen LogP contribution in [0.2, 0.25) is 5.02 Å². The number of carbonyl (C=O) groups excluding carboxylic acids is 1. The minimum atomic E-state index is -0.703. The van der Waals surface area contributed by atoms with Gasteiger partial charge in [-0.1, -0.05) is 41.9 Å². The molecule has 0 heterocycles. The van der Waals surface area contributed by atoms with Crippen molar-refractivity contribution >= 4 is 23.3 Å². The Balaban J connectivity index is 2.40. The summed E-state index contributed by atoms with van der Waals surface area (Å²) in [5, 5.41) is 3.63. The molecule has 0 fully saturated rings. The van der Waals surface area contributed by atoms with Crippen molar-refractivity contribution in [2.45, 2.75) is 6.04 Å². The lowest BCUT2D eigenvalue weighted by Gasteiger charge is -2.20. The van der Waals surface area contributed by atoms with Gasteiger partial charge in [0.05, 0.1) is 24.9 Å². The zero-order valence-corrected chi connectivity index (χ0v) is 12.6. The Morgan fingerprint density at radius 3 is 2.43 bits per heavy atom. The zero-order chi connectivity index (χ0) is 15.2. The van der Waals surface area contributed by atoms with Crippen molar-refractivity contribution in [2.75, 3.05) is 19.5 Å². The Labute approximate surface area is 128 Å². The van der Waals surface area contributed by atoms with E-state index in [2.05, 4.69) is 5.32 Å². The molecular formula is C16H16ClNO3. The first-order valence-electron chi connectivity index (χ1n) is 6.39. The summed E-state index contributed by atoms with van der Waals surface area (Å²) < 4.78 is 10.2. The summed E-state index contributed by atoms with van der Waals surface area (Å²) in [4.78, 5) is 12.1. The van der Waals surface area contributed by atoms with Crippen molar-refractivity contribution in [3.63, 3.8) is 0 Å². The van der Waals surface area contributed by atoms with E-state index in [1.54, 1.807) is 25.3 Å². The van der Waals surface area contributed by atoms with Crippen molar-refractivity contribution in [3.8, 4) is 5.75 Å². The van der Waals surface area contributed by atoms with Crippen LogP contribution in [0.1, 0.15) is 11.6 Å². The summed E-state index contributed by atoms with van der Waals surface area (Å²) >= 11 is 6.13. The Bertz CT molecular complexity index is 630. The largest absolute Gasteiger partial charge is 0.496 e. The van der Waals surface area contributed by atoms with Crippen LogP contribution in [-0.4, -0.2) is 20.2 Å². The molecule has 21 heavy (non-hydrogen) atoms. The standard InChI is InChI=1S/C16H16ClNO3/c1-20-14-10-6-3-7-11(14)15(16(19)21-2)18-13-9-5-4-8-12(13)17/h3-10,15,18H,1-2H3. The molecular weight excluding hydrogens is 290 g/mol. The molecule has 2 aromatic rings. The first-order chi connectivity index (χ1) is 10.2. The van der Waals surface area contributed by atoms with Crippen molar-refractivity contribution in [2.24, 2.45) is 0 Å². The number of anilines is 1. The van der Waals surface area contributed by atoms with Crippen LogP contribution >= 0.6 is 11.6 Å². The van der Waals surface area contributed by atoms with Gasteiger partial charge in [-0.3, -0.25) is 0 Å². The first-order valence-corrected chi connectivity index (χ1v) is 6.77. The summed E-state index contributed by atoms with van der Waals surface area (Å²) in [6.07, 6.45) is 0. The second-order valence-electron chi connectivity index (χ2n) is 4.32. The monoisotopic (exact) mass is 305 g/mol. The maximum Gasteiger partial charge on any atom is 0.333 e. The van der Waals surface area contributed by atoms with E-state index in [1.165, 1.54) is 7.11 Å². The summed E-state index contributed by atoms with van der Waals surface area (Å²) in [6.45, 7) is 0. The molecule has 0 saturated carbocycles. The minimum Gasteiger partial charge on any atom is -0.496 e. The summed E-state index contributed by atoms with van der Waals surface area (Å²) in [5.41, 5.74) is 1.34. The van der Waals surface area contributed by atoms with Crippen LogP contribution in [0.5, 0.6) is 5.75 Å². The molecule has 1 unspecified atom stereocenters. The molecule has 0 aliphatic heterocycles. The second kappa shape index (κ2) is 6.99. The number of esters is 1. The molecule has 2 aromatic carbocycles. The Kier molecular flexibility index (Phi) is 5.06. The highest BCUT2D eigenvalue weighted by atomic mass is 35.5. The second-order valence-corrected chi connectivity index (χ2v) is 4.73. The van der Waals surface area contributed by atoms with E-state index in [4.69, 9.17) is 21.1 Å². The quantitative estimate of drug-likeness (QED) is 0.856. The fourth-order valence-corrected chi connectivity index (χ4v) is 2.21. The minimum absolute atomic E-state index is 0.417. The molecule has 0 aromatic heterocycles. The molecule has 0 bridgehead atoms. The van der Waals surface area contributed by atoms with Crippen LogP contribution in [0.4, 0.5) is 5.69 Å². The van der Waals surface area contributed by atoms with Crippen LogP contribution in [0.25, 0.3) is 0 Å². The van der Waals surface area contributed by atoms with Gasteiger partial charge in [-0.25, -0.2) is 4.79 Å². The lowest BCUT2D eigenvalue weighted by atomic mass is 10.1. The first kappa shape index (κ1) is 15.2. The predicted molar refractivity (Wildman–Crippen MR) is 82.8 cm³/mol. The zero-order valence-electron chi connectivity index (χ0n) is 11.8. The normalized spacial score (nSPS) is 11.6. The molecule has 0 aliphatic carbocycles. The SMILES string of the molecule is COC(=O)C(Nc1ccccc1Cl)c1ccccc1OC. The number of benzene rings is 2. The maximum atomic E-state index is 12.1. The predicted octanol–water partition coefficient (Wildman–Crippen LogP) is 3.67. The lowest BCUT2D eigenvalue weighted by Crippen LogP contribution is -2.23. The summed E-state index contributed by atoms with van der Waals surface area (Å²) in [7, 11) is 2.90. The van der Waals surface area contributed by atoms with Gasteiger partial charge in [0.25, 0.3) is 0 Å². The number of para-hydroxylation sites is 2. The van der Waals surface area contributed by atoms with Crippen molar-refractivity contribution < 1.29 is 14.3 Å². The molecule has 5 heteroatoms. The number of halogens is 1. The van der Waals surface area contributed by atoms with E-state index in [9.17, 15) is 4.79 Å². The third kappa shape index (κ3) is 3.47. The van der Waals surface area contributed by atoms with Gasteiger partial charge in [0.2, 0.25) is 0 Å². The molecule has 1 atom stereocenters. The lowest BCUT2D eigenvalue weighted by molar-refractivity contribution is -0.141. The maximum absolute atomic E-state index is 12.1. The van der Waals surface area contributed by atoms with Crippen LogP contribution in [0.15, 0.2) is 48.5 Å². The number of rotatable bonds is 5. The molecule has 0 radical (unpaired) electrons. The van der Waals surface area contributed by atoms with Gasteiger partial charge < -0.3 is 14.8 Å². The Morgan fingerprint density at radius 1 is 1.10 bits per heavy atom. The van der Waals surface area contributed by atoms with Gasteiger partial charge in [0.1, 0.15) is 5.75 Å². The third-order valence-corrected chi connectivity index (χ3v) is 3.39. The number of nitrogens with one attached hydrogen (secondary N) is 1. The summed E-state index contributed by atoms with van der Waals surface area (Å²) in [6, 6.07) is 13.8. The average molecular weight is 306 g/mol. The molecule has 110 valence electrons. The van der Waals surface area contributed by atoms with Gasteiger partial charge in [-0.2, -0.15) is 0 Å². The molecule has 0 aliphatic rings. The van der Waals surface area contributed by atoms with Gasteiger partial charge >= 0.3 is 5.97 Å². The van der Waals surface area contributed by atoms with Crippen LogP contribution in [0.3, 0.4) is 0 Å². The number of carbonyl (C=O) groups is 1. The fourth-order valence-electron chi connectivity index (χ4n) is 2.02. The highest BCUT2D eigenvalue weighted by Gasteiger charge is 2.25. The molecule has 1 N–H and O–H groups in total. The summed E-state index contributed by atoms with van der Waals surface area (Å²) in [5.74, 6) is 0.187. The van der Waals surface area contributed by atoms with E-state index in [0.717, 1.165) is 0 Å². The van der Waals surface area contributed by atoms with Gasteiger partial charge in [-0.15, -0.1) is 0 Å². The van der Waals surface area contributed by atoms with Crippen LogP contribution in [0, 0.1) is 0 Å².